The number of benzene rings is 2. The van der Waals surface area contributed by atoms with E-state index < -0.39 is 0 Å². The predicted octanol–water partition coefficient (Wildman–Crippen LogP) is 6.11. The largest absolute Gasteiger partial charge is 0.483 e. The van der Waals surface area contributed by atoms with Crippen molar-refractivity contribution in [3.05, 3.63) is 101 Å². The Morgan fingerprint density at radius 3 is 2.74 bits per heavy atom. The molecule has 2 aromatic heterocycles. The summed E-state index contributed by atoms with van der Waals surface area (Å²) in [4.78, 5) is 26.1. The van der Waals surface area contributed by atoms with E-state index in [2.05, 4.69) is 20.9 Å². The first-order valence-electron chi connectivity index (χ1n) is 12.8. The van der Waals surface area contributed by atoms with E-state index in [1.807, 2.05) is 53.3 Å². The lowest BCUT2D eigenvalue weighted by Gasteiger charge is -2.36. The molecule has 0 N–H and O–H groups in total. The average molecular weight is 531 g/mol. The third-order valence-electron chi connectivity index (χ3n) is 6.84. The van der Waals surface area contributed by atoms with Crippen LogP contribution in [0.1, 0.15) is 42.1 Å². The molecule has 196 valence electrons. The number of rotatable bonds is 9. The van der Waals surface area contributed by atoms with Crippen LogP contribution in [-0.2, 0) is 17.9 Å². The molecule has 5 rings (SSSR count). The third-order valence-corrected chi connectivity index (χ3v) is 7.47. The highest BCUT2D eigenvalue weighted by Gasteiger charge is 2.28. The van der Waals surface area contributed by atoms with Crippen molar-refractivity contribution >= 4 is 17.2 Å². The van der Waals surface area contributed by atoms with Gasteiger partial charge in [0.05, 0.1) is 17.2 Å². The summed E-state index contributed by atoms with van der Waals surface area (Å²) in [6, 6.07) is 16.4. The number of thiazole rings is 1. The van der Waals surface area contributed by atoms with E-state index in [1.165, 1.54) is 12.1 Å². The summed E-state index contributed by atoms with van der Waals surface area (Å²) in [6.07, 6.45) is 6.61. The van der Waals surface area contributed by atoms with Gasteiger partial charge < -0.3 is 9.64 Å². The van der Waals surface area contributed by atoms with E-state index in [9.17, 15) is 9.18 Å². The first-order chi connectivity index (χ1) is 18.6. The highest BCUT2D eigenvalue weighted by molar-refractivity contribution is 7.07. The summed E-state index contributed by atoms with van der Waals surface area (Å²) >= 11 is 1.58. The molecule has 3 heterocycles. The zero-order valence-corrected chi connectivity index (χ0v) is 22.2. The van der Waals surface area contributed by atoms with Crippen molar-refractivity contribution in [3.63, 3.8) is 0 Å². The van der Waals surface area contributed by atoms with Crippen molar-refractivity contribution in [2.75, 3.05) is 20.2 Å². The van der Waals surface area contributed by atoms with Gasteiger partial charge in [-0.3, -0.25) is 14.7 Å². The standard InChI is InChI=1S/C30H31FN4O2S/c1-34(18-27-20-38-21-33-27)17-25-15-23(22-7-10-26(31)11-8-22)9-12-29(25)37-19-30(36)35-14-3-2-6-28(35)24-5-4-13-32-16-24/h4-5,7-13,15-16,20-21,28H,2-3,6,14,17-19H2,1H3/t28-/m0/s1. The Morgan fingerprint density at radius 2 is 1.97 bits per heavy atom. The smallest absolute Gasteiger partial charge is 0.261 e. The van der Waals surface area contributed by atoms with E-state index in [4.69, 9.17) is 4.74 Å². The SMILES string of the molecule is CN(Cc1cscn1)Cc1cc(-c2ccc(F)cc2)ccc1OCC(=O)N1CCCC[C@H]1c1cccnc1. The molecule has 0 bridgehead atoms. The maximum atomic E-state index is 13.5. The molecular formula is C30H31FN4O2S. The Hall–Kier alpha value is -3.62. The van der Waals surface area contributed by atoms with Gasteiger partial charge in [0, 0.05) is 43.0 Å². The van der Waals surface area contributed by atoms with Crippen LogP contribution < -0.4 is 4.74 Å². The van der Waals surface area contributed by atoms with Crippen LogP contribution >= 0.6 is 11.3 Å². The number of piperidine rings is 1. The van der Waals surface area contributed by atoms with Crippen molar-refractivity contribution in [2.24, 2.45) is 0 Å². The molecule has 0 saturated carbocycles. The van der Waals surface area contributed by atoms with E-state index in [1.54, 1.807) is 29.7 Å². The molecule has 6 nitrogen and oxygen atoms in total. The molecule has 0 unspecified atom stereocenters. The lowest BCUT2D eigenvalue weighted by Crippen LogP contribution is -2.41. The lowest BCUT2D eigenvalue weighted by molar-refractivity contribution is -0.137. The zero-order chi connectivity index (χ0) is 26.3. The number of hydrogen-bond donors (Lipinski definition) is 0. The second kappa shape index (κ2) is 12.3. The predicted molar refractivity (Wildman–Crippen MR) is 147 cm³/mol. The summed E-state index contributed by atoms with van der Waals surface area (Å²) in [7, 11) is 2.03. The number of ether oxygens (including phenoxy) is 1. The number of nitrogens with zero attached hydrogens (tertiary/aromatic N) is 4. The summed E-state index contributed by atoms with van der Waals surface area (Å²) in [5, 5.41) is 2.04. The minimum Gasteiger partial charge on any atom is -0.483 e. The molecule has 1 aliphatic rings. The first kappa shape index (κ1) is 26.0. The van der Waals surface area contributed by atoms with Crippen LogP contribution in [0.15, 0.2) is 77.9 Å². The first-order valence-corrected chi connectivity index (χ1v) is 13.8. The highest BCUT2D eigenvalue weighted by Crippen LogP contribution is 2.32. The minimum absolute atomic E-state index is 0.0251. The molecular weight excluding hydrogens is 499 g/mol. The molecule has 1 amide bonds. The van der Waals surface area contributed by atoms with E-state index in [-0.39, 0.29) is 24.4 Å². The van der Waals surface area contributed by atoms with Gasteiger partial charge in [0.2, 0.25) is 0 Å². The van der Waals surface area contributed by atoms with Crippen LogP contribution in [0.25, 0.3) is 11.1 Å². The molecule has 0 aliphatic carbocycles. The molecule has 4 aromatic rings. The van der Waals surface area contributed by atoms with E-state index >= 15 is 0 Å². The van der Waals surface area contributed by atoms with Crippen molar-refractivity contribution in [3.8, 4) is 16.9 Å². The lowest BCUT2D eigenvalue weighted by atomic mass is 9.96. The van der Waals surface area contributed by atoms with Gasteiger partial charge in [-0.05, 0) is 73.3 Å². The van der Waals surface area contributed by atoms with Gasteiger partial charge in [-0.15, -0.1) is 11.3 Å². The van der Waals surface area contributed by atoms with Crippen molar-refractivity contribution < 1.29 is 13.9 Å². The molecule has 0 radical (unpaired) electrons. The number of aromatic nitrogens is 2. The van der Waals surface area contributed by atoms with Gasteiger partial charge in [-0.1, -0.05) is 24.3 Å². The van der Waals surface area contributed by atoms with Gasteiger partial charge >= 0.3 is 0 Å². The summed E-state index contributed by atoms with van der Waals surface area (Å²) < 4.78 is 19.7. The average Bonchev–Trinajstić information content (AvgIpc) is 3.46. The van der Waals surface area contributed by atoms with Gasteiger partial charge in [0.25, 0.3) is 5.91 Å². The number of hydrogen-bond acceptors (Lipinski definition) is 6. The fourth-order valence-corrected chi connectivity index (χ4v) is 5.53. The number of carbonyl (C=O) groups excluding carboxylic acids is 1. The molecule has 1 fully saturated rings. The Bertz CT molecular complexity index is 1330. The number of halogens is 1. The highest BCUT2D eigenvalue weighted by atomic mass is 32.1. The second-order valence-electron chi connectivity index (χ2n) is 9.66. The number of pyridine rings is 1. The van der Waals surface area contributed by atoms with Crippen molar-refractivity contribution in [1.29, 1.82) is 0 Å². The number of carbonyl (C=O) groups is 1. The van der Waals surface area contributed by atoms with Crippen LogP contribution in [0.4, 0.5) is 4.39 Å². The van der Waals surface area contributed by atoms with E-state index in [0.29, 0.717) is 25.4 Å². The third kappa shape index (κ3) is 6.44. The molecule has 1 saturated heterocycles. The molecule has 8 heteroatoms. The maximum absolute atomic E-state index is 13.5. The van der Waals surface area contributed by atoms with Crippen LogP contribution in [0.2, 0.25) is 0 Å². The van der Waals surface area contributed by atoms with Gasteiger partial charge in [0.1, 0.15) is 11.6 Å². The summed E-state index contributed by atoms with van der Waals surface area (Å²) in [5.41, 5.74) is 6.75. The second-order valence-corrected chi connectivity index (χ2v) is 10.4. The van der Waals surface area contributed by atoms with Gasteiger partial charge in [-0.2, -0.15) is 0 Å². The van der Waals surface area contributed by atoms with Gasteiger partial charge in [-0.25, -0.2) is 9.37 Å². The van der Waals surface area contributed by atoms with Crippen molar-refractivity contribution in [1.82, 2.24) is 19.8 Å². The van der Waals surface area contributed by atoms with E-state index in [0.717, 1.165) is 47.2 Å². The van der Waals surface area contributed by atoms with Crippen LogP contribution in [0.3, 0.4) is 0 Å². The van der Waals surface area contributed by atoms with Crippen LogP contribution in [0.5, 0.6) is 5.75 Å². The molecule has 38 heavy (non-hydrogen) atoms. The molecule has 1 aliphatic heterocycles. The number of amides is 1. The molecule has 2 aromatic carbocycles. The Balaban J connectivity index is 1.34. The normalized spacial score (nSPS) is 15.6. The van der Waals surface area contributed by atoms with Crippen molar-refractivity contribution in [2.45, 2.75) is 38.4 Å². The van der Waals surface area contributed by atoms with Crippen LogP contribution in [-0.4, -0.2) is 45.9 Å². The monoisotopic (exact) mass is 530 g/mol. The zero-order valence-electron chi connectivity index (χ0n) is 21.4. The Labute approximate surface area is 226 Å². The minimum atomic E-state index is -0.266. The topological polar surface area (TPSA) is 58.6 Å². The van der Waals surface area contributed by atoms with Gasteiger partial charge in [0.15, 0.2) is 6.61 Å². The van der Waals surface area contributed by atoms with Crippen LogP contribution in [0, 0.1) is 5.82 Å². The Kier molecular flexibility index (Phi) is 8.41. The molecule has 1 atom stereocenters. The maximum Gasteiger partial charge on any atom is 0.261 e. The Morgan fingerprint density at radius 1 is 1.13 bits per heavy atom. The summed E-state index contributed by atoms with van der Waals surface area (Å²) in [6.45, 7) is 1.99. The quantitative estimate of drug-likeness (QED) is 0.261. The fraction of sp³-hybridized carbons (Fsp3) is 0.300. The fourth-order valence-electron chi connectivity index (χ4n) is 4.98. The number of likely N-dealkylation sites (tertiary alicyclic amines) is 1. The summed E-state index contributed by atoms with van der Waals surface area (Å²) in [5.74, 6) is 0.380. The molecule has 0 spiro atoms.